The Bertz CT molecular complexity index is 518. The van der Waals surface area contributed by atoms with Gasteiger partial charge in [0.15, 0.2) is 0 Å². The Balaban J connectivity index is 2.38. The van der Waals surface area contributed by atoms with Crippen LogP contribution >= 0.6 is 0 Å². The van der Waals surface area contributed by atoms with Gasteiger partial charge in [-0.1, -0.05) is 19.1 Å². The quantitative estimate of drug-likeness (QED) is 0.790. The summed E-state index contributed by atoms with van der Waals surface area (Å²) in [4.78, 5) is 34.2. The van der Waals surface area contributed by atoms with E-state index in [4.69, 9.17) is 5.73 Å². The van der Waals surface area contributed by atoms with E-state index in [2.05, 4.69) is 5.32 Å². The average Bonchev–Trinajstić information content (AvgIpc) is 2.37. The average molecular weight is 260 g/mol. The second kappa shape index (κ2) is 4.84. The Morgan fingerprint density at radius 3 is 2.16 bits per heavy atom. The second-order valence-corrected chi connectivity index (χ2v) is 4.90. The Hall–Kier alpha value is -2.17. The molecule has 1 fully saturated rings. The summed E-state index contributed by atoms with van der Waals surface area (Å²) in [5.41, 5.74) is 6.03. The third kappa shape index (κ3) is 2.50. The molecule has 0 saturated carbocycles. The third-order valence-corrected chi connectivity index (χ3v) is 3.74. The van der Waals surface area contributed by atoms with Crippen molar-refractivity contribution in [2.24, 2.45) is 5.73 Å². The van der Waals surface area contributed by atoms with Gasteiger partial charge in [-0.15, -0.1) is 0 Å². The first kappa shape index (κ1) is 13.3. The summed E-state index contributed by atoms with van der Waals surface area (Å²) in [6, 6.07) is 6.81. The molecule has 100 valence electrons. The van der Waals surface area contributed by atoms with Crippen molar-refractivity contribution in [2.75, 3.05) is 0 Å². The summed E-state index contributed by atoms with van der Waals surface area (Å²) in [7, 11) is 0. The molecule has 0 aromatic heterocycles. The lowest BCUT2D eigenvalue weighted by molar-refractivity contribution is -0.135. The van der Waals surface area contributed by atoms with Crippen molar-refractivity contribution in [1.82, 2.24) is 5.32 Å². The van der Waals surface area contributed by atoms with Gasteiger partial charge in [0, 0.05) is 23.8 Å². The van der Waals surface area contributed by atoms with Crippen molar-refractivity contribution in [3.8, 4) is 0 Å². The van der Waals surface area contributed by atoms with Crippen LogP contribution in [0.15, 0.2) is 24.3 Å². The minimum Gasteiger partial charge on any atom is -0.366 e. The van der Waals surface area contributed by atoms with Gasteiger partial charge in [0.25, 0.3) is 0 Å². The van der Waals surface area contributed by atoms with E-state index in [1.54, 1.807) is 24.3 Å². The molecule has 3 amide bonds. The largest absolute Gasteiger partial charge is 0.366 e. The molecule has 1 aliphatic heterocycles. The number of hydrogen-bond donors (Lipinski definition) is 2. The summed E-state index contributed by atoms with van der Waals surface area (Å²) >= 11 is 0. The van der Waals surface area contributed by atoms with Gasteiger partial charge in [0.2, 0.25) is 17.7 Å². The molecule has 1 aromatic carbocycles. The molecule has 3 N–H and O–H groups in total. The smallest absolute Gasteiger partial charge is 0.248 e. The number of carbonyl (C=O) groups excluding carboxylic acids is 3. The summed E-state index contributed by atoms with van der Waals surface area (Å²) in [6.45, 7) is 1.95. The Kier molecular flexibility index (Phi) is 3.38. The molecule has 1 aromatic rings. The van der Waals surface area contributed by atoms with Crippen LogP contribution in [0.2, 0.25) is 0 Å². The van der Waals surface area contributed by atoms with E-state index in [1.807, 2.05) is 6.92 Å². The molecule has 5 nitrogen and oxygen atoms in total. The normalized spacial score (nSPS) is 17.9. The minimum atomic E-state index is -0.491. The van der Waals surface area contributed by atoms with Crippen LogP contribution in [0.25, 0.3) is 0 Å². The molecule has 0 unspecified atom stereocenters. The van der Waals surface area contributed by atoms with E-state index in [9.17, 15) is 14.4 Å². The van der Waals surface area contributed by atoms with Crippen LogP contribution in [0, 0.1) is 0 Å². The molecule has 0 radical (unpaired) electrons. The van der Waals surface area contributed by atoms with Gasteiger partial charge in [0.1, 0.15) is 0 Å². The van der Waals surface area contributed by atoms with Crippen molar-refractivity contribution >= 4 is 17.7 Å². The molecular weight excluding hydrogens is 244 g/mol. The fourth-order valence-corrected chi connectivity index (χ4v) is 2.57. The molecule has 1 aliphatic rings. The summed E-state index contributed by atoms with van der Waals surface area (Å²) in [5, 5.41) is 2.32. The van der Waals surface area contributed by atoms with Gasteiger partial charge in [-0.2, -0.15) is 0 Å². The molecule has 1 heterocycles. The topological polar surface area (TPSA) is 89.3 Å². The van der Waals surface area contributed by atoms with Crippen molar-refractivity contribution in [1.29, 1.82) is 0 Å². The van der Waals surface area contributed by atoms with Gasteiger partial charge in [-0.3, -0.25) is 19.7 Å². The number of primary amides is 1. The molecule has 0 bridgehead atoms. The first-order valence-electron chi connectivity index (χ1n) is 6.20. The molecule has 19 heavy (non-hydrogen) atoms. The van der Waals surface area contributed by atoms with E-state index in [1.165, 1.54) is 0 Å². The number of nitrogens with two attached hydrogens (primary N) is 1. The Morgan fingerprint density at radius 2 is 1.74 bits per heavy atom. The Morgan fingerprint density at radius 1 is 1.21 bits per heavy atom. The maximum atomic E-state index is 11.6. The molecular formula is C14H16N2O3. The van der Waals surface area contributed by atoms with Crippen LogP contribution in [0.5, 0.6) is 0 Å². The number of nitrogens with one attached hydrogen (secondary N) is 1. The number of amides is 3. The van der Waals surface area contributed by atoms with Crippen molar-refractivity contribution in [3.63, 3.8) is 0 Å². The first-order chi connectivity index (χ1) is 8.97. The number of piperidine rings is 1. The van der Waals surface area contributed by atoms with Gasteiger partial charge < -0.3 is 5.73 Å². The van der Waals surface area contributed by atoms with Crippen LogP contribution in [-0.4, -0.2) is 17.7 Å². The van der Waals surface area contributed by atoms with E-state index in [0.717, 1.165) is 5.56 Å². The predicted molar refractivity (Wildman–Crippen MR) is 69.3 cm³/mol. The van der Waals surface area contributed by atoms with E-state index < -0.39 is 11.3 Å². The zero-order chi connectivity index (χ0) is 14.0. The fraction of sp³-hybridized carbons (Fsp3) is 0.357. The minimum absolute atomic E-state index is 0.253. The second-order valence-electron chi connectivity index (χ2n) is 4.90. The zero-order valence-corrected chi connectivity index (χ0v) is 10.7. The number of benzene rings is 1. The lowest BCUT2D eigenvalue weighted by Crippen LogP contribution is -2.46. The third-order valence-electron chi connectivity index (χ3n) is 3.74. The summed E-state index contributed by atoms with van der Waals surface area (Å²) < 4.78 is 0. The fourth-order valence-electron chi connectivity index (χ4n) is 2.57. The molecule has 5 heteroatoms. The number of carbonyl (C=O) groups is 3. The van der Waals surface area contributed by atoms with E-state index >= 15 is 0 Å². The van der Waals surface area contributed by atoms with Crippen LogP contribution < -0.4 is 11.1 Å². The van der Waals surface area contributed by atoms with Crippen molar-refractivity contribution in [2.45, 2.75) is 31.6 Å². The maximum Gasteiger partial charge on any atom is 0.248 e. The SMILES string of the molecule is CCC1(c2ccc(C(N)=O)cc2)CC(=O)NC(=O)C1. The molecule has 0 aliphatic carbocycles. The maximum absolute atomic E-state index is 11.6. The summed E-state index contributed by atoms with van der Waals surface area (Å²) in [6.07, 6.45) is 1.25. The van der Waals surface area contributed by atoms with Crippen LogP contribution in [-0.2, 0) is 15.0 Å². The number of rotatable bonds is 3. The monoisotopic (exact) mass is 260 g/mol. The highest BCUT2D eigenvalue weighted by atomic mass is 16.2. The number of hydrogen-bond acceptors (Lipinski definition) is 3. The molecule has 2 rings (SSSR count). The van der Waals surface area contributed by atoms with Gasteiger partial charge in [-0.25, -0.2) is 0 Å². The van der Waals surface area contributed by atoms with Gasteiger partial charge in [-0.05, 0) is 24.1 Å². The highest BCUT2D eigenvalue weighted by Crippen LogP contribution is 2.37. The highest BCUT2D eigenvalue weighted by Gasteiger charge is 2.39. The van der Waals surface area contributed by atoms with Crippen LogP contribution in [0.4, 0.5) is 0 Å². The van der Waals surface area contributed by atoms with Crippen LogP contribution in [0.1, 0.15) is 42.1 Å². The zero-order valence-electron chi connectivity index (χ0n) is 10.7. The van der Waals surface area contributed by atoms with Gasteiger partial charge >= 0.3 is 0 Å². The summed E-state index contributed by atoms with van der Waals surface area (Å²) in [5.74, 6) is -0.997. The van der Waals surface area contributed by atoms with E-state index in [0.29, 0.717) is 12.0 Å². The first-order valence-corrected chi connectivity index (χ1v) is 6.20. The molecule has 0 spiro atoms. The highest BCUT2D eigenvalue weighted by molar-refractivity contribution is 5.99. The lowest BCUT2D eigenvalue weighted by atomic mass is 9.70. The van der Waals surface area contributed by atoms with Crippen molar-refractivity contribution in [3.05, 3.63) is 35.4 Å². The number of imide groups is 1. The van der Waals surface area contributed by atoms with Crippen LogP contribution in [0.3, 0.4) is 0 Å². The Labute approximate surface area is 111 Å². The molecule has 1 saturated heterocycles. The standard InChI is InChI=1S/C14H16N2O3/c1-2-14(7-11(17)16-12(18)8-14)10-5-3-9(4-6-10)13(15)19/h3-6H,2,7-8H2,1H3,(H2,15,19)(H,16,17,18). The molecule has 0 atom stereocenters. The van der Waals surface area contributed by atoms with Crippen molar-refractivity contribution < 1.29 is 14.4 Å². The lowest BCUT2D eigenvalue weighted by Gasteiger charge is -2.35. The van der Waals surface area contributed by atoms with E-state index in [-0.39, 0.29) is 24.7 Å². The predicted octanol–water partition coefficient (Wildman–Crippen LogP) is 0.870. The van der Waals surface area contributed by atoms with Gasteiger partial charge in [0.05, 0.1) is 0 Å².